The van der Waals surface area contributed by atoms with E-state index in [0.29, 0.717) is 6.10 Å². The SMILES string of the molecule is CN=C(NCCCOC1CCOCC1)NCC1CCCS1.I. The van der Waals surface area contributed by atoms with Crippen LogP contribution in [0, 0.1) is 0 Å². The molecule has 0 amide bonds. The lowest BCUT2D eigenvalue weighted by Gasteiger charge is -2.22. The van der Waals surface area contributed by atoms with Gasteiger partial charge in [0.1, 0.15) is 0 Å². The summed E-state index contributed by atoms with van der Waals surface area (Å²) < 4.78 is 11.2. The summed E-state index contributed by atoms with van der Waals surface area (Å²) in [5, 5.41) is 7.52. The van der Waals surface area contributed by atoms with Crippen molar-refractivity contribution in [2.45, 2.75) is 43.5 Å². The molecule has 130 valence electrons. The van der Waals surface area contributed by atoms with E-state index in [9.17, 15) is 0 Å². The van der Waals surface area contributed by atoms with Crippen LogP contribution in [0.3, 0.4) is 0 Å². The number of hydrogen-bond acceptors (Lipinski definition) is 4. The van der Waals surface area contributed by atoms with E-state index in [1.54, 1.807) is 0 Å². The molecule has 2 aliphatic heterocycles. The Bertz CT molecular complexity index is 309. The van der Waals surface area contributed by atoms with Crippen molar-refractivity contribution in [2.75, 3.05) is 45.7 Å². The van der Waals surface area contributed by atoms with Crippen LogP contribution < -0.4 is 10.6 Å². The Balaban J connectivity index is 0.00000242. The van der Waals surface area contributed by atoms with Crippen LogP contribution in [0.4, 0.5) is 0 Å². The molecule has 0 aromatic rings. The maximum absolute atomic E-state index is 5.86. The maximum atomic E-state index is 5.86. The predicted molar refractivity (Wildman–Crippen MR) is 105 cm³/mol. The number of thioether (sulfide) groups is 1. The van der Waals surface area contributed by atoms with Gasteiger partial charge in [-0.2, -0.15) is 11.8 Å². The summed E-state index contributed by atoms with van der Waals surface area (Å²) in [5.74, 6) is 2.22. The number of halogens is 1. The molecule has 2 fully saturated rings. The predicted octanol–water partition coefficient (Wildman–Crippen LogP) is 2.25. The van der Waals surface area contributed by atoms with Gasteiger partial charge in [0.15, 0.2) is 5.96 Å². The Morgan fingerprint density at radius 2 is 2.09 bits per heavy atom. The van der Waals surface area contributed by atoms with Crippen molar-refractivity contribution in [3.8, 4) is 0 Å². The fourth-order valence-electron chi connectivity index (χ4n) is 2.61. The highest BCUT2D eigenvalue weighted by Gasteiger charge is 2.15. The van der Waals surface area contributed by atoms with Gasteiger partial charge in [-0.1, -0.05) is 0 Å². The van der Waals surface area contributed by atoms with Gasteiger partial charge in [-0.3, -0.25) is 4.99 Å². The Hall–Kier alpha value is 0.270. The minimum atomic E-state index is 0. The summed E-state index contributed by atoms with van der Waals surface area (Å²) in [6.45, 7) is 4.42. The summed E-state index contributed by atoms with van der Waals surface area (Å²) in [4.78, 5) is 4.26. The van der Waals surface area contributed by atoms with Gasteiger partial charge >= 0.3 is 0 Å². The van der Waals surface area contributed by atoms with Gasteiger partial charge in [0, 0.05) is 45.2 Å². The summed E-state index contributed by atoms with van der Waals surface area (Å²) in [6.07, 6.45) is 6.16. The lowest BCUT2D eigenvalue weighted by Crippen LogP contribution is -2.40. The minimum absolute atomic E-state index is 0. The molecule has 1 unspecified atom stereocenters. The molecule has 2 aliphatic rings. The third-order valence-corrected chi connectivity index (χ3v) is 5.28. The molecule has 0 aromatic carbocycles. The van der Waals surface area contributed by atoms with Crippen molar-refractivity contribution in [1.82, 2.24) is 10.6 Å². The molecule has 7 heteroatoms. The number of hydrogen-bond donors (Lipinski definition) is 2. The van der Waals surface area contributed by atoms with E-state index in [2.05, 4.69) is 27.4 Å². The monoisotopic (exact) mass is 443 g/mol. The van der Waals surface area contributed by atoms with Gasteiger partial charge in [0.25, 0.3) is 0 Å². The van der Waals surface area contributed by atoms with E-state index in [1.165, 1.54) is 18.6 Å². The molecule has 0 spiro atoms. The lowest BCUT2D eigenvalue weighted by atomic mass is 10.1. The first-order valence-corrected chi connectivity index (χ1v) is 9.19. The maximum Gasteiger partial charge on any atom is 0.191 e. The Morgan fingerprint density at radius 3 is 2.77 bits per heavy atom. The van der Waals surface area contributed by atoms with E-state index < -0.39 is 0 Å². The number of rotatable bonds is 7. The molecular weight excluding hydrogens is 413 g/mol. The van der Waals surface area contributed by atoms with Gasteiger partial charge in [0.2, 0.25) is 0 Å². The molecule has 0 radical (unpaired) electrons. The highest BCUT2D eigenvalue weighted by Crippen LogP contribution is 2.25. The number of nitrogens with zero attached hydrogens (tertiary/aromatic N) is 1. The van der Waals surface area contributed by atoms with Crippen LogP contribution in [0.5, 0.6) is 0 Å². The molecule has 0 saturated carbocycles. The van der Waals surface area contributed by atoms with Gasteiger partial charge in [0.05, 0.1) is 6.10 Å². The molecule has 1 atom stereocenters. The minimum Gasteiger partial charge on any atom is -0.381 e. The van der Waals surface area contributed by atoms with Gasteiger partial charge in [-0.05, 0) is 37.9 Å². The molecule has 5 nitrogen and oxygen atoms in total. The molecule has 2 rings (SSSR count). The highest BCUT2D eigenvalue weighted by molar-refractivity contribution is 14.0. The van der Waals surface area contributed by atoms with Crippen LogP contribution in [0.15, 0.2) is 4.99 Å². The van der Waals surface area contributed by atoms with E-state index in [1.807, 2.05) is 7.05 Å². The van der Waals surface area contributed by atoms with E-state index in [-0.39, 0.29) is 24.0 Å². The van der Waals surface area contributed by atoms with Crippen molar-refractivity contribution in [3.63, 3.8) is 0 Å². The second kappa shape index (κ2) is 12.7. The van der Waals surface area contributed by atoms with E-state index >= 15 is 0 Å². The largest absolute Gasteiger partial charge is 0.381 e. The first kappa shape index (κ1) is 20.3. The summed E-state index contributed by atoms with van der Waals surface area (Å²) in [7, 11) is 1.83. The third kappa shape index (κ3) is 8.21. The topological polar surface area (TPSA) is 54.9 Å². The Morgan fingerprint density at radius 1 is 1.27 bits per heavy atom. The molecule has 0 aliphatic carbocycles. The smallest absolute Gasteiger partial charge is 0.191 e. The summed E-state index contributed by atoms with van der Waals surface area (Å²) in [5.41, 5.74) is 0. The van der Waals surface area contributed by atoms with Crippen LogP contribution in [0.25, 0.3) is 0 Å². The fourth-order valence-corrected chi connectivity index (χ4v) is 3.81. The first-order valence-electron chi connectivity index (χ1n) is 8.14. The normalized spacial score (nSPS) is 23.1. The number of ether oxygens (including phenoxy) is 2. The molecule has 2 saturated heterocycles. The van der Waals surface area contributed by atoms with Crippen LogP contribution in [0.1, 0.15) is 32.1 Å². The van der Waals surface area contributed by atoms with E-state index in [4.69, 9.17) is 9.47 Å². The molecular formula is C15H30IN3O2S. The molecule has 0 bridgehead atoms. The molecule has 22 heavy (non-hydrogen) atoms. The highest BCUT2D eigenvalue weighted by atomic mass is 127. The van der Waals surface area contributed by atoms with Crippen molar-refractivity contribution >= 4 is 41.7 Å². The van der Waals surface area contributed by atoms with Crippen LogP contribution >= 0.6 is 35.7 Å². The van der Waals surface area contributed by atoms with E-state index in [0.717, 1.165) is 63.4 Å². The first-order chi connectivity index (χ1) is 10.4. The third-order valence-electron chi connectivity index (χ3n) is 3.88. The van der Waals surface area contributed by atoms with Crippen LogP contribution in [-0.2, 0) is 9.47 Å². The lowest BCUT2D eigenvalue weighted by molar-refractivity contribution is -0.0320. The van der Waals surface area contributed by atoms with Crippen molar-refractivity contribution in [3.05, 3.63) is 0 Å². The summed E-state index contributed by atoms with van der Waals surface area (Å²) >= 11 is 2.07. The van der Waals surface area contributed by atoms with Gasteiger partial charge in [-0.15, -0.1) is 24.0 Å². The molecule has 2 N–H and O–H groups in total. The second-order valence-corrected chi connectivity index (χ2v) is 6.96. The van der Waals surface area contributed by atoms with Crippen molar-refractivity contribution in [1.29, 1.82) is 0 Å². The number of aliphatic imine (C=N–C) groups is 1. The quantitative estimate of drug-likeness (QED) is 0.274. The van der Waals surface area contributed by atoms with Gasteiger partial charge in [-0.25, -0.2) is 0 Å². The fraction of sp³-hybridized carbons (Fsp3) is 0.933. The van der Waals surface area contributed by atoms with Crippen LogP contribution in [0.2, 0.25) is 0 Å². The zero-order valence-corrected chi connectivity index (χ0v) is 16.7. The van der Waals surface area contributed by atoms with Gasteiger partial charge < -0.3 is 20.1 Å². The standard InChI is InChI=1S/C15H29N3O2S.HI/c1-16-15(18-12-14-4-2-11-21-14)17-7-3-8-20-13-5-9-19-10-6-13;/h13-14H,2-12H2,1H3,(H2,16,17,18);1H. The Kier molecular flexibility index (Phi) is 11.7. The zero-order chi connectivity index (χ0) is 14.8. The summed E-state index contributed by atoms with van der Waals surface area (Å²) in [6, 6.07) is 0. The van der Waals surface area contributed by atoms with Crippen molar-refractivity contribution in [2.24, 2.45) is 4.99 Å². The number of guanidine groups is 1. The number of nitrogens with one attached hydrogen (secondary N) is 2. The second-order valence-electron chi connectivity index (χ2n) is 5.55. The van der Waals surface area contributed by atoms with Crippen LogP contribution in [-0.4, -0.2) is 63.0 Å². The average Bonchev–Trinajstić information content (AvgIpc) is 3.04. The molecule has 0 aromatic heterocycles. The Labute approximate surface area is 155 Å². The molecule has 2 heterocycles. The average molecular weight is 443 g/mol. The zero-order valence-electron chi connectivity index (χ0n) is 13.5. The van der Waals surface area contributed by atoms with Crippen molar-refractivity contribution < 1.29 is 9.47 Å².